The quantitative estimate of drug-likeness (QED) is 0.483. The first kappa shape index (κ1) is 22.3. The molecule has 1 aliphatic carbocycles. The molecule has 0 saturated heterocycles. The Balaban J connectivity index is 1.56. The van der Waals surface area contributed by atoms with E-state index in [-0.39, 0.29) is 12.1 Å². The third kappa shape index (κ3) is 5.13. The van der Waals surface area contributed by atoms with Crippen molar-refractivity contribution in [2.24, 2.45) is 0 Å². The Hall–Kier alpha value is -2.86. The molecule has 1 aliphatic rings. The number of rotatable bonds is 4. The van der Waals surface area contributed by atoms with Crippen molar-refractivity contribution >= 4 is 17.7 Å². The number of carbonyl (C=O) groups is 1. The van der Waals surface area contributed by atoms with Crippen LogP contribution >= 0.6 is 11.6 Å². The summed E-state index contributed by atoms with van der Waals surface area (Å²) in [6, 6.07) is 11.9. The average Bonchev–Trinajstić information content (AvgIpc) is 3.19. The molecule has 2 heterocycles. The second-order valence-electron chi connectivity index (χ2n) is 9.27. The number of nitrogens with one attached hydrogen (secondary N) is 2. The molecule has 1 amide bonds. The van der Waals surface area contributed by atoms with Crippen molar-refractivity contribution < 1.29 is 9.53 Å². The third-order valence-corrected chi connectivity index (χ3v) is 6.08. The Bertz CT molecular complexity index is 1070. The van der Waals surface area contributed by atoms with Gasteiger partial charge >= 0.3 is 6.09 Å². The van der Waals surface area contributed by atoms with Crippen molar-refractivity contribution in [3.05, 3.63) is 59.5 Å². The number of nitrogens with zero attached hydrogens (tertiary/aromatic N) is 2. The number of benzene rings is 1. The fourth-order valence-corrected chi connectivity index (χ4v) is 4.54. The molecule has 0 radical (unpaired) electrons. The van der Waals surface area contributed by atoms with Crippen LogP contribution in [0.4, 0.5) is 4.79 Å². The molecule has 32 heavy (non-hydrogen) atoms. The summed E-state index contributed by atoms with van der Waals surface area (Å²) in [7, 11) is 0. The number of aromatic nitrogens is 3. The molecule has 6 nitrogen and oxygen atoms in total. The summed E-state index contributed by atoms with van der Waals surface area (Å²) in [6.07, 6.45) is 6.92. The molecule has 0 spiro atoms. The standard InChI is InChI=1S/C25H29ClN4O2/c1-25(2,3)32-24(31)28-18-10-8-17(9-11-18)22-21(16-12-14-27-15-13-16)23(30-29-22)19-6-4-5-7-20(19)26/h4-7,12-15,17-18H,8-11H2,1-3H3,(H,28,31)(H,29,30). The van der Waals surface area contributed by atoms with Crippen molar-refractivity contribution in [2.75, 3.05) is 0 Å². The summed E-state index contributed by atoms with van der Waals surface area (Å²) < 4.78 is 5.41. The van der Waals surface area contributed by atoms with Crippen molar-refractivity contribution in [1.29, 1.82) is 0 Å². The molecule has 3 aromatic rings. The van der Waals surface area contributed by atoms with E-state index in [1.807, 2.05) is 57.2 Å². The highest BCUT2D eigenvalue weighted by Crippen LogP contribution is 2.42. The minimum Gasteiger partial charge on any atom is -0.444 e. The summed E-state index contributed by atoms with van der Waals surface area (Å²) in [5, 5.41) is 11.7. The van der Waals surface area contributed by atoms with E-state index in [9.17, 15) is 4.79 Å². The molecule has 1 fully saturated rings. The van der Waals surface area contributed by atoms with E-state index >= 15 is 0 Å². The van der Waals surface area contributed by atoms with E-state index in [2.05, 4.69) is 20.5 Å². The lowest BCUT2D eigenvalue weighted by molar-refractivity contribution is 0.0491. The summed E-state index contributed by atoms with van der Waals surface area (Å²) >= 11 is 6.51. The number of carbonyl (C=O) groups excluding carboxylic acids is 1. The van der Waals surface area contributed by atoms with Gasteiger partial charge in [0, 0.05) is 41.2 Å². The van der Waals surface area contributed by atoms with Crippen LogP contribution in [0.25, 0.3) is 22.4 Å². The first-order chi connectivity index (χ1) is 15.3. The molecule has 2 aromatic heterocycles. The largest absolute Gasteiger partial charge is 0.444 e. The minimum absolute atomic E-state index is 0.122. The second kappa shape index (κ2) is 9.33. The van der Waals surface area contributed by atoms with Gasteiger partial charge in [0.25, 0.3) is 0 Å². The maximum Gasteiger partial charge on any atom is 0.407 e. The molecule has 4 rings (SSSR count). The lowest BCUT2D eigenvalue weighted by Gasteiger charge is -2.30. The number of amides is 1. The van der Waals surface area contributed by atoms with Crippen LogP contribution in [-0.2, 0) is 4.74 Å². The summed E-state index contributed by atoms with van der Waals surface area (Å²) in [6.45, 7) is 5.62. The lowest BCUT2D eigenvalue weighted by Crippen LogP contribution is -2.40. The Morgan fingerprint density at radius 3 is 2.44 bits per heavy atom. The van der Waals surface area contributed by atoms with Gasteiger partial charge in [0.05, 0.1) is 5.02 Å². The third-order valence-electron chi connectivity index (χ3n) is 5.75. The number of pyridine rings is 1. The van der Waals surface area contributed by atoms with Crippen molar-refractivity contribution in [3.8, 4) is 22.4 Å². The van der Waals surface area contributed by atoms with Crippen molar-refractivity contribution in [1.82, 2.24) is 20.5 Å². The van der Waals surface area contributed by atoms with Crippen LogP contribution in [0, 0.1) is 0 Å². The topological polar surface area (TPSA) is 79.9 Å². The van der Waals surface area contributed by atoms with Gasteiger partial charge in [0.1, 0.15) is 11.3 Å². The summed E-state index contributed by atoms with van der Waals surface area (Å²) in [5.74, 6) is 0.318. The van der Waals surface area contributed by atoms with E-state index in [0.29, 0.717) is 10.9 Å². The first-order valence-corrected chi connectivity index (χ1v) is 11.4. The molecule has 168 valence electrons. The Kier molecular flexibility index (Phi) is 6.51. The summed E-state index contributed by atoms with van der Waals surface area (Å²) in [5.41, 5.74) is 4.51. The molecule has 0 bridgehead atoms. The number of halogens is 1. The van der Waals surface area contributed by atoms with Crippen LogP contribution in [0.2, 0.25) is 5.02 Å². The lowest BCUT2D eigenvalue weighted by atomic mass is 9.81. The zero-order valence-electron chi connectivity index (χ0n) is 18.7. The van der Waals surface area contributed by atoms with E-state index in [1.54, 1.807) is 12.4 Å². The van der Waals surface area contributed by atoms with Gasteiger partial charge in [-0.3, -0.25) is 10.1 Å². The van der Waals surface area contributed by atoms with E-state index < -0.39 is 5.60 Å². The SMILES string of the molecule is CC(C)(C)OC(=O)NC1CCC(c2[nH]nc(-c3ccccc3Cl)c2-c2ccncc2)CC1. The van der Waals surface area contributed by atoms with Crippen LogP contribution in [0.3, 0.4) is 0 Å². The molecule has 0 aliphatic heterocycles. The normalized spacial score (nSPS) is 18.9. The van der Waals surface area contributed by atoms with Gasteiger partial charge in [-0.25, -0.2) is 4.79 Å². The number of aromatic amines is 1. The average molecular weight is 453 g/mol. The van der Waals surface area contributed by atoms with Gasteiger partial charge < -0.3 is 10.1 Å². The number of hydrogen-bond donors (Lipinski definition) is 2. The molecule has 0 atom stereocenters. The Morgan fingerprint density at radius 1 is 1.09 bits per heavy atom. The predicted octanol–water partition coefficient (Wildman–Crippen LogP) is 6.34. The van der Waals surface area contributed by atoms with Gasteiger partial charge in [0.2, 0.25) is 0 Å². The molecule has 1 saturated carbocycles. The van der Waals surface area contributed by atoms with Gasteiger partial charge in [-0.05, 0) is 70.2 Å². The van der Waals surface area contributed by atoms with E-state index in [4.69, 9.17) is 16.3 Å². The van der Waals surface area contributed by atoms with Crippen LogP contribution < -0.4 is 5.32 Å². The Morgan fingerprint density at radius 2 is 1.78 bits per heavy atom. The number of ether oxygens (including phenoxy) is 1. The molecule has 1 aromatic carbocycles. The highest BCUT2D eigenvalue weighted by Gasteiger charge is 2.29. The second-order valence-corrected chi connectivity index (χ2v) is 9.68. The van der Waals surface area contributed by atoms with Crippen molar-refractivity contribution in [2.45, 2.75) is 64.0 Å². The van der Waals surface area contributed by atoms with Crippen LogP contribution in [0.5, 0.6) is 0 Å². The maximum absolute atomic E-state index is 12.1. The minimum atomic E-state index is -0.494. The first-order valence-electron chi connectivity index (χ1n) is 11.0. The molecule has 7 heteroatoms. The van der Waals surface area contributed by atoms with E-state index in [1.165, 1.54) is 0 Å². The van der Waals surface area contributed by atoms with Crippen molar-refractivity contribution in [3.63, 3.8) is 0 Å². The molecule has 0 unspecified atom stereocenters. The predicted molar refractivity (Wildman–Crippen MR) is 127 cm³/mol. The fourth-order valence-electron chi connectivity index (χ4n) is 4.31. The number of H-pyrrole nitrogens is 1. The molecular formula is C25H29ClN4O2. The Labute approximate surface area is 193 Å². The maximum atomic E-state index is 12.1. The van der Waals surface area contributed by atoms with E-state index in [0.717, 1.165) is 53.8 Å². The number of alkyl carbamates (subject to hydrolysis) is 1. The number of hydrogen-bond acceptors (Lipinski definition) is 4. The highest BCUT2D eigenvalue weighted by atomic mass is 35.5. The van der Waals surface area contributed by atoms with Gasteiger partial charge in [0.15, 0.2) is 0 Å². The van der Waals surface area contributed by atoms with Crippen LogP contribution in [-0.4, -0.2) is 32.9 Å². The van der Waals surface area contributed by atoms with Gasteiger partial charge in [-0.1, -0.05) is 29.8 Å². The zero-order valence-corrected chi connectivity index (χ0v) is 19.4. The molecular weight excluding hydrogens is 424 g/mol. The summed E-state index contributed by atoms with van der Waals surface area (Å²) in [4.78, 5) is 16.3. The van der Waals surface area contributed by atoms with Crippen LogP contribution in [0.1, 0.15) is 58.1 Å². The fraction of sp³-hybridized carbons (Fsp3) is 0.400. The van der Waals surface area contributed by atoms with Gasteiger partial charge in [-0.15, -0.1) is 0 Å². The highest BCUT2D eigenvalue weighted by molar-refractivity contribution is 6.33. The van der Waals surface area contributed by atoms with Crippen LogP contribution in [0.15, 0.2) is 48.8 Å². The zero-order chi connectivity index (χ0) is 22.7. The smallest absolute Gasteiger partial charge is 0.407 e. The molecule has 2 N–H and O–H groups in total. The van der Waals surface area contributed by atoms with Gasteiger partial charge in [-0.2, -0.15) is 5.10 Å². The monoisotopic (exact) mass is 452 g/mol.